The van der Waals surface area contributed by atoms with Crippen molar-refractivity contribution in [1.82, 2.24) is 0 Å². The van der Waals surface area contributed by atoms with Gasteiger partial charge in [0.25, 0.3) is 0 Å². The third kappa shape index (κ3) is 6.05. The molecule has 1 aliphatic heterocycles. The topological polar surface area (TPSA) is 36.9 Å². The van der Waals surface area contributed by atoms with Crippen LogP contribution in [0.1, 0.15) is 29.4 Å². The number of aryl methyl sites for hydroxylation is 2. The maximum Gasteiger partial charge on any atom is 0.387 e. The van der Waals surface area contributed by atoms with Gasteiger partial charge in [0.05, 0.1) is 13.2 Å². The predicted octanol–water partition coefficient (Wildman–Crippen LogP) is 6.06. The number of ether oxygens (including phenoxy) is 4. The molecule has 0 aromatic heterocycles. The van der Waals surface area contributed by atoms with Crippen LogP contribution in [0.15, 0.2) is 54.6 Å². The van der Waals surface area contributed by atoms with E-state index in [4.69, 9.17) is 14.2 Å². The summed E-state index contributed by atoms with van der Waals surface area (Å²) < 4.78 is 60.9. The highest BCUT2D eigenvalue weighted by Crippen LogP contribution is 2.30. The van der Waals surface area contributed by atoms with Crippen LogP contribution in [0.2, 0.25) is 0 Å². The molecule has 0 atom stereocenters. The van der Waals surface area contributed by atoms with Gasteiger partial charge >= 0.3 is 6.61 Å². The number of hydrogen-bond acceptors (Lipinski definition) is 4. The van der Waals surface area contributed by atoms with Crippen LogP contribution in [-0.4, -0.2) is 33.5 Å². The number of alkyl halides is 2. The number of benzene rings is 3. The van der Waals surface area contributed by atoms with Gasteiger partial charge in [0.2, 0.25) is 0 Å². The standard InChI is InChI=1S/C26H27F3O4/c1-30-13-12-18-15-31-25(32-16-18)21-8-11-23-20(14-21)7-6-19(24(23)27)5-2-17-3-9-22(10-4-17)33-26(28)29/h3-4,6-11,14,18,25-26H,2,5,12-13,15-16H2,1H3. The fourth-order valence-electron chi connectivity index (χ4n) is 4.00. The molecule has 1 heterocycles. The molecule has 0 bridgehead atoms. The lowest BCUT2D eigenvalue weighted by Gasteiger charge is -2.29. The maximum absolute atomic E-state index is 15.1. The summed E-state index contributed by atoms with van der Waals surface area (Å²) in [6.07, 6.45) is 1.52. The third-order valence-corrected chi connectivity index (χ3v) is 5.86. The molecular formula is C26H27F3O4. The lowest BCUT2D eigenvalue weighted by molar-refractivity contribution is -0.207. The lowest BCUT2D eigenvalue weighted by Crippen LogP contribution is -2.27. The molecule has 1 aliphatic rings. The molecule has 0 spiro atoms. The molecule has 3 aromatic rings. The fraction of sp³-hybridized carbons (Fsp3) is 0.385. The zero-order valence-electron chi connectivity index (χ0n) is 18.4. The van der Waals surface area contributed by atoms with Gasteiger partial charge in [-0.15, -0.1) is 0 Å². The Morgan fingerprint density at radius 2 is 1.73 bits per heavy atom. The van der Waals surface area contributed by atoms with Crippen molar-refractivity contribution in [2.24, 2.45) is 5.92 Å². The van der Waals surface area contributed by atoms with Gasteiger partial charge in [-0.1, -0.05) is 36.4 Å². The van der Waals surface area contributed by atoms with Crippen LogP contribution in [0.25, 0.3) is 10.8 Å². The van der Waals surface area contributed by atoms with E-state index in [-0.39, 0.29) is 11.6 Å². The van der Waals surface area contributed by atoms with Gasteiger partial charge in [-0.25, -0.2) is 4.39 Å². The average molecular weight is 460 g/mol. The van der Waals surface area contributed by atoms with Gasteiger partial charge < -0.3 is 18.9 Å². The Morgan fingerprint density at radius 3 is 2.42 bits per heavy atom. The van der Waals surface area contributed by atoms with E-state index in [1.54, 1.807) is 31.4 Å². The van der Waals surface area contributed by atoms with Crippen molar-refractivity contribution in [2.45, 2.75) is 32.2 Å². The highest BCUT2D eigenvalue weighted by Gasteiger charge is 2.24. The van der Waals surface area contributed by atoms with E-state index >= 15 is 4.39 Å². The number of hydrogen-bond donors (Lipinski definition) is 0. The van der Waals surface area contributed by atoms with Crippen LogP contribution in [-0.2, 0) is 27.1 Å². The minimum Gasteiger partial charge on any atom is -0.435 e. The summed E-state index contributed by atoms with van der Waals surface area (Å²) in [5, 5.41) is 1.33. The molecule has 0 unspecified atom stereocenters. The first kappa shape index (κ1) is 23.5. The Labute approximate surface area is 191 Å². The van der Waals surface area contributed by atoms with E-state index in [0.717, 1.165) is 22.9 Å². The molecule has 1 fully saturated rings. The minimum atomic E-state index is -2.85. The van der Waals surface area contributed by atoms with E-state index in [2.05, 4.69) is 4.74 Å². The molecule has 0 radical (unpaired) electrons. The Balaban J connectivity index is 1.40. The van der Waals surface area contributed by atoms with Gasteiger partial charge in [0.15, 0.2) is 6.29 Å². The van der Waals surface area contributed by atoms with E-state index < -0.39 is 12.9 Å². The quantitative estimate of drug-likeness (QED) is 0.389. The van der Waals surface area contributed by atoms with E-state index in [0.29, 0.717) is 49.5 Å². The highest BCUT2D eigenvalue weighted by molar-refractivity contribution is 5.84. The Bertz CT molecular complexity index is 1050. The number of halogens is 3. The molecule has 7 heteroatoms. The molecule has 4 nitrogen and oxygen atoms in total. The van der Waals surface area contributed by atoms with Crippen molar-refractivity contribution in [3.8, 4) is 5.75 Å². The van der Waals surface area contributed by atoms with Gasteiger partial charge in [0, 0.05) is 30.6 Å². The summed E-state index contributed by atoms with van der Waals surface area (Å²) in [5.74, 6) is 0.175. The molecule has 0 aliphatic carbocycles. The summed E-state index contributed by atoms with van der Waals surface area (Å²) in [4.78, 5) is 0. The zero-order chi connectivity index (χ0) is 23.2. The van der Waals surface area contributed by atoms with Crippen molar-refractivity contribution in [3.05, 3.63) is 77.1 Å². The average Bonchev–Trinajstić information content (AvgIpc) is 2.83. The predicted molar refractivity (Wildman–Crippen MR) is 119 cm³/mol. The molecular weight excluding hydrogens is 433 g/mol. The Kier molecular flexibility index (Phi) is 7.85. The molecule has 33 heavy (non-hydrogen) atoms. The first-order valence-electron chi connectivity index (χ1n) is 11.0. The van der Waals surface area contributed by atoms with E-state index in [1.165, 1.54) is 12.1 Å². The van der Waals surface area contributed by atoms with Gasteiger partial charge in [0.1, 0.15) is 11.6 Å². The first-order valence-corrected chi connectivity index (χ1v) is 11.0. The largest absolute Gasteiger partial charge is 0.435 e. The molecule has 1 saturated heterocycles. The number of fused-ring (bicyclic) bond motifs is 1. The van der Waals surface area contributed by atoms with Crippen molar-refractivity contribution in [1.29, 1.82) is 0 Å². The number of methoxy groups -OCH3 is 1. The SMILES string of the molecule is COCCC1COC(c2ccc3c(F)c(CCc4ccc(OC(F)F)cc4)ccc3c2)OC1. The Morgan fingerprint density at radius 1 is 0.970 bits per heavy atom. The summed E-state index contributed by atoms with van der Waals surface area (Å²) in [6, 6.07) is 15.6. The summed E-state index contributed by atoms with van der Waals surface area (Å²) in [5.41, 5.74) is 2.39. The first-order chi connectivity index (χ1) is 16.0. The summed E-state index contributed by atoms with van der Waals surface area (Å²) in [7, 11) is 1.68. The third-order valence-electron chi connectivity index (χ3n) is 5.86. The second-order valence-electron chi connectivity index (χ2n) is 8.19. The van der Waals surface area contributed by atoms with Crippen LogP contribution >= 0.6 is 0 Å². The normalized spacial score (nSPS) is 18.7. The highest BCUT2D eigenvalue weighted by atomic mass is 19.3. The van der Waals surface area contributed by atoms with Crippen LogP contribution in [0.4, 0.5) is 13.2 Å². The molecule has 0 saturated carbocycles. The van der Waals surface area contributed by atoms with Gasteiger partial charge in [-0.2, -0.15) is 8.78 Å². The lowest BCUT2D eigenvalue weighted by atomic mass is 9.98. The van der Waals surface area contributed by atoms with Crippen LogP contribution in [0.5, 0.6) is 5.75 Å². The zero-order valence-corrected chi connectivity index (χ0v) is 18.4. The summed E-state index contributed by atoms with van der Waals surface area (Å²) >= 11 is 0. The van der Waals surface area contributed by atoms with Gasteiger partial charge in [-0.3, -0.25) is 0 Å². The minimum absolute atomic E-state index is 0.109. The second-order valence-corrected chi connectivity index (χ2v) is 8.19. The van der Waals surface area contributed by atoms with Crippen molar-refractivity contribution in [2.75, 3.05) is 26.9 Å². The monoisotopic (exact) mass is 460 g/mol. The smallest absolute Gasteiger partial charge is 0.387 e. The van der Waals surface area contributed by atoms with Crippen molar-refractivity contribution >= 4 is 10.8 Å². The number of rotatable bonds is 9. The van der Waals surface area contributed by atoms with Crippen LogP contribution in [0, 0.1) is 11.7 Å². The van der Waals surface area contributed by atoms with Crippen LogP contribution < -0.4 is 4.74 Å². The second kappa shape index (κ2) is 11.0. The molecule has 176 valence electrons. The molecule has 3 aromatic carbocycles. The summed E-state index contributed by atoms with van der Waals surface area (Å²) in [6.45, 7) is -0.960. The molecule has 0 amide bonds. The van der Waals surface area contributed by atoms with E-state index in [9.17, 15) is 8.78 Å². The van der Waals surface area contributed by atoms with Crippen molar-refractivity contribution < 1.29 is 32.1 Å². The van der Waals surface area contributed by atoms with Crippen molar-refractivity contribution in [3.63, 3.8) is 0 Å². The molecule has 0 N–H and O–H groups in total. The maximum atomic E-state index is 15.1. The van der Waals surface area contributed by atoms with Crippen LogP contribution in [0.3, 0.4) is 0 Å². The Hall–Kier alpha value is -2.61. The molecule has 4 rings (SSSR count). The van der Waals surface area contributed by atoms with Gasteiger partial charge in [-0.05, 0) is 54.0 Å². The van der Waals surface area contributed by atoms with E-state index in [1.807, 2.05) is 18.2 Å². The fourth-order valence-corrected chi connectivity index (χ4v) is 4.00.